The van der Waals surface area contributed by atoms with Crippen molar-refractivity contribution in [2.24, 2.45) is 0 Å². The molecule has 5 atom stereocenters. The molecule has 0 saturated carbocycles. The quantitative estimate of drug-likeness (QED) is 0.0378. The highest BCUT2D eigenvalue weighted by Gasteiger charge is 2.51. The Kier molecular flexibility index (Phi) is 18.0. The highest BCUT2D eigenvalue weighted by molar-refractivity contribution is 7.44. The molecule has 16 heteroatoms. The van der Waals surface area contributed by atoms with Crippen LogP contribution in [0.15, 0.2) is 120 Å². The number of rotatable bonds is 23. The molecule has 1 fully saturated rings. The van der Waals surface area contributed by atoms with E-state index in [2.05, 4.69) is 48.7 Å². The number of carbonyl (C=O) groups is 1. The maximum atomic E-state index is 14.2. The van der Waals surface area contributed by atoms with Crippen LogP contribution in [0.4, 0.5) is 5.82 Å². The van der Waals surface area contributed by atoms with Crippen molar-refractivity contribution in [1.82, 2.24) is 14.2 Å². The molecule has 0 bridgehead atoms. The summed E-state index contributed by atoms with van der Waals surface area (Å²) >= 11 is 0. The number of ether oxygens (including phenoxy) is 6. The predicted octanol–water partition coefficient (Wildman–Crippen LogP) is 8.42. The van der Waals surface area contributed by atoms with Gasteiger partial charge in [-0.25, -0.2) is 9.46 Å². The van der Waals surface area contributed by atoms with Gasteiger partial charge in [0.15, 0.2) is 6.23 Å². The Morgan fingerprint density at radius 3 is 1.95 bits per heavy atom. The first-order valence-electron chi connectivity index (χ1n) is 21.9. The summed E-state index contributed by atoms with van der Waals surface area (Å²) in [5, 5.41) is 12.3. The first-order valence-corrected chi connectivity index (χ1v) is 23.0. The fraction of sp³-hybridized carbons (Fsp3) is 0.400. The van der Waals surface area contributed by atoms with E-state index in [0.717, 1.165) is 16.7 Å². The van der Waals surface area contributed by atoms with Gasteiger partial charge in [-0.1, -0.05) is 72.8 Å². The monoisotopic (exact) mass is 921 g/mol. The van der Waals surface area contributed by atoms with E-state index in [1.165, 1.54) is 4.57 Å². The Bertz CT molecular complexity index is 2340. The maximum absolute atomic E-state index is 14.2. The maximum Gasteiger partial charge on any atom is 0.351 e. The molecular weight excluding hydrogens is 862 g/mol. The van der Waals surface area contributed by atoms with E-state index in [1.54, 1.807) is 58.7 Å². The summed E-state index contributed by atoms with van der Waals surface area (Å²) in [6.07, 6.45) is -2.14. The third-order valence-electron chi connectivity index (χ3n) is 11.1. The van der Waals surface area contributed by atoms with E-state index < -0.39 is 50.3 Å². The molecule has 6 rings (SSSR count). The van der Waals surface area contributed by atoms with Crippen molar-refractivity contribution < 1.29 is 42.3 Å². The molecule has 5 aromatic rings. The van der Waals surface area contributed by atoms with Gasteiger partial charge in [-0.05, 0) is 87.7 Å². The first kappa shape index (κ1) is 49.9. The minimum absolute atomic E-state index is 0.0251. The van der Waals surface area contributed by atoms with Crippen molar-refractivity contribution in [3.8, 4) is 17.6 Å². The second kappa shape index (κ2) is 23.8. The SMILES string of the molecule is COCCO[C@@H]1[C@H](OP(OCCC#N)N(C(C)C)C(C)C)[C@@H](COC(c2ccccc2)(c2ccc(OC)cc2)c2ccc(OC)cc2)O[C@H]1n1cc(C)c(NC(=O)c2ccccc2)nc1=O. The van der Waals surface area contributed by atoms with Crippen LogP contribution in [0.25, 0.3) is 0 Å². The summed E-state index contributed by atoms with van der Waals surface area (Å²) in [5.74, 6) is 1.04. The molecule has 1 aliphatic heterocycles. The normalized spacial score (nSPS) is 17.8. The average Bonchev–Trinajstić information content (AvgIpc) is 3.66. The van der Waals surface area contributed by atoms with Gasteiger partial charge in [-0.3, -0.25) is 9.36 Å². The fourth-order valence-electron chi connectivity index (χ4n) is 7.96. The Morgan fingerprint density at radius 1 is 0.833 bits per heavy atom. The molecule has 1 saturated heterocycles. The van der Waals surface area contributed by atoms with Gasteiger partial charge >= 0.3 is 5.69 Å². The number of hydrogen-bond acceptors (Lipinski definition) is 13. The molecule has 0 aliphatic carbocycles. The minimum atomic E-state index is -1.86. The Hall–Kier alpha value is -5.53. The van der Waals surface area contributed by atoms with Crippen LogP contribution in [0.1, 0.15) is 73.0 Å². The second-order valence-corrected chi connectivity index (χ2v) is 17.5. The van der Waals surface area contributed by atoms with Gasteiger partial charge in [0, 0.05) is 36.5 Å². The number of nitriles is 1. The number of aromatic nitrogens is 2. The molecule has 0 spiro atoms. The number of benzene rings is 4. The molecule has 1 aliphatic rings. The Morgan fingerprint density at radius 2 is 1.41 bits per heavy atom. The molecule has 0 radical (unpaired) electrons. The van der Waals surface area contributed by atoms with Crippen LogP contribution in [-0.4, -0.2) is 98.3 Å². The van der Waals surface area contributed by atoms with E-state index in [-0.39, 0.29) is 50.7 Å². The molecular formula is C50H60N5O10P. The second-order valence-electron chi connectivity index (χ2n) is 16.1. The zero-order chi connectivity index (χ0) is 47.2. The predicted molar refractivity (Wildman–Crippen MR) is 252 cm³/mol. The van der Waals surface area contributed by atoms with Crippen LogP contribution in [-0.2, 0) is 33.6 Å². The largest absolute Gasteiger partial charge is 0.497 e. The molecule has 4 aromatic carbocycles. The van der Waals surface area contributed by atoms with Crippen molar-refractivity contribution >= 4 is 20.3 Å². The van der Waals surface area contributed by atoms with Crippen molar-refractivity contribution in [2.75, 3.05) is 53.1 Å². The lowest BCUT2D eigenvalue weighted by Crippen LogP contribution is -2.43. The molecule has 1 aromatic heterocycles. The fourth-order valence-corrected chi connectivity index (χ4v) is 9.73. The molecule has 66 heavy (non-hydrogen) atoms. The molecule has 15 nitrogen and oxygen atoms in total. The Labute approximate surface area is 388 Å². The smallest absolute Gasteiger partial charge is 0.351 e. The number of amides is 1. The van der Waals surface area contributed by atoms with E-state index in [1.807, 2.05) is 84.9 Å². The van der Waals surface area contributed by atoms with Crippen molar-refractivity contribution in [2.45, 2.75) is 83.3 Å². The number of hydrogen-bond donors (Lipinski definition) is 1. The van der Waals surface area contributed by atoms with Crippen LogP contribution in [0.3, 0.4) is 0 Å². The van der Waals surface area contributed by atoms with Gasteiger partial charge in [0.1, 0.15) is 41.2 Å². The molecule has 1 unspecified atom stereocenters. The van der Waals surface area contributed by atoms with Gasteiger partial charge in [0.25, 0.3) is 14.4 Å². The Balaban J connectivity index is 1.49. The number of nitrogens with one attached hydrogen (secondary N) is 1. The van der Waals surface area contributed by atoms with Crippen LogP contribution < -0.4 is 20.5 Å². The minimum Gasteiger partial charge on any atom is -0.497 e. The lowest BCUT2D eigenvalue weighted by molar-refractivity contribution is -0.0991. The average molecular weight is 922 g/mol. The number of anilines is 1. The first-order chi connectivity index (χ1) is 31.9. The number of nitrogens with zero attached hydrogens (tertiary/aromatic N) is 4. The van der Waals surface area contributed by atoms with Gasteiger partial charge in [0.2, 0.25) is 0 Å². The van der Waals surface area contributed by atoms with E-state index >= 15 is 0 Å². The van der Waals surface area contributed by atoms with Crippen LogP contribution in [0, 0.1) is 18.3 Å². The van der Waals surface area contributed by atoms with Gasteiger partial charge in [0.05, 0.1) is 53.1 Å². The summed E-state index contributed by atoms with van der Waals surface area (Å²) in [5.41, 5.74) is 1.43. The highest BCUT2D eigenvalue weighted by Crippen LogP contribution is 2.51. The van der Waals surface area contributed by atoms with Crippen LogP contribution >= 0.6 is 8.53 Å². The number of aryl methyl sites for hydroxylation is 1. The molecule has 350 valence electrons. The highest BCUT2D eigenvalue weighted by atomic mass is 31.2. The molecule has 1 N–H and O–H groups in total. The van der Waals surface area contributed by atoms with Gasteiger partial charge < -0.3 is 42.8 Å². The number of carbonyl (C=O) groups excluding carboxylic acids is 1. The lowest BCUT2D eigenvalue weighted by Gasteiger charge is -2.39. The standard InChI is InChI=1S/C50H60N5O10P/c1-34(2)55(35(3)4)66(63-29-15-28-51)65-44-43(33-62-50(38-18-13-10-14-19-38,39-20-24-41(59-7)25-21-39)40-22-26-42(60-8)27-23-40)64-48(45(44)61-31-30-58-6)54-32-36(5)46(53-49(54)57)52-47(56)37-16-11-9-12-17-37/h9-14,16-27,32,34-35,43-45,48H,15,29-31,33H2,1-8H3,(H,52,53,56,57)/t43-,44-,45-,48-,66?/m1/s1. The van der Waals surface area contributed by atoms with E-state index in [9.17, 15) is 14.9 Å². The molecule has 2 heterocycles. The van der Waals surface area contributed by atoms with Crippen molar-refractivity contribution in [3.63, 3.8) is 0 Å². The van der Waals surface area contributed by atoms with Crippen LogP contribution in [0.2, 0.25) is 0 Å². The zero-order valence-corrected chi connectivity index (χ0v) is 39.7. The summed E-state index contributed by atoms with van der Waals surface area (Å²) in [6.45, 7) is 10.3. The summed E-state index contributed by atoms with van der Waals surface area (Å²) in [6, 6.07) is 36.1. The third-order valence-corrected chi connectivity index (χ3v) is 13.2. The van der Waals surface area contributed by atoms with E-state index in [4.69, 9.17) is 37.5 Å². The topological polar surface area (TPSA) is 165 Å². The molecule has 1 amide bonds. The lowest BCUT2D eigenvalue weighted by atomic mass is 9.80. The van der Waals surface area contributed by atoms with Gasteiger partial charge in [-0.2, -0.15) is 10.2 Å². The summed E-state index contributed by atoms with van der Waals surface area (Å²) < 4.78 is 54.7. The van der Waals surface area contributed by atoms with E-state index in [0.29, 0.717) is 22.6 Å². The zero-order valence-electron chi connectivity index (χ0n) is 38.8. The van der Waals surface area contributed by atoms with Gasteiger partial charge in [-0.15, -0.1) is 0 Å². The van der Waals surface area contributed by atoms with Crippen molar-refractivity contribution in [1.29, 1.82) is 5.26 Å². The number of methoxy groups -OCH3 is 3. The van der Waals surface area contributed by atoms with Crippen molar-refractivity contribution in [3.05, 3.63) is 154 Å². The van der Waals surface area contributed by atoms with Crippen LogP contribution in [0.5, 0.6) is 11.5 Å². The summed E-state index contributed by atoms with van der Waals surface area (Å²) in [7, 11) is 2.95. The summed E-state index contributed by atoms with van der Waals surface area (Å²) in [4.78, 5) is 31.8. The third kappa shape index (κ3) is 11.7.